The van der Waals surface area contributed by atoms with Crippen LogP contribution >= 0.6 is 12.4 Å². The molecule has 1 fully saturated rings. The molecule has 0 aromatic rings. The lowest BCUT2D eigenvalue weighted by Gasteiger charge is -2.07. The molecule has 2 aliphatic rings. The SMILES string of the molecule is C1=NC=C2NCNC2OC1.Cl. The monoisotopic (exact) mass is 175 g/mol. The van der Waals surface area contributed by atoms with Gasteiger partial charge in [-0.1, -0.05) is 0 Å². The highest BCUT2D eigenvalue weighted by Gasteiger charge is 2.20. The topological polar surface area (TPSA) is 45.7 Å². The maximum atomic E-state index is 5.34. The summed E-state index contributed by atoms with van der Waals surface area (Å²) in [5, 5.41) is 6.23. The second-order valence-electron chi connectivity index (χ2n) is 2.19. The molecule has 0 aromatic carbocycles. The van der Waals surface area contributed by atoms with E-state index in [0.29, 0.717) is 6.61 Å². The van der Waals surface area contributed by atoms with Crippen molar-refractivity contribution in [2.45, 2.75) is 6.23 Å². The van der Waals surface area contributed by atoms with Crippen molar-refractivity contribution >= 4 is 18.6 Å². The van der Waals surface area contributed by atoms with Gasteiger partial charge in [-0.25, -0.2) is 0 Å². The molecule has 1 unspecified atom stereocenters. The molecule has 0 radical (unpaired) electrons. The molecule has 1 atom stereocenters. The normalized spacial score (nSPS) is 27.6. The van der Waals surface area contributed by atoms with Crippen LogP contribution in [0.15, 0.2) is 16.9 Å². The maximum absolute atomic E-state index is 5.34. The molecule has 62 valence electrons. The number of aliphatic imine (C=N–C) groups is 1. The fraction of sp³-hybridized carbons (Fsp3) is 0.500. The van der Waals surface area contributed by atoms with Crippen LogP contribution in [-0.4, -0.2) is 25.7 Å². The summed E-state index contributed by atoms with van der Waals surface area (Å²) in [6.07, 6.45) is 3.56. The Kier molecular flexibility index (Phi) is 2.87. The van der Waals surface area contributed by atoms with Crippen molar-refractivity contribution in [1.29, 1.82) is 0 Å². The molecule has 0 amide bonds. The van der Waals surface area contributed by atoms with E-state index in [1.54, 1.807) is 12.4 Å². The van der Waals surface area contributed by atoms with Gasteiger partial charge in [0.2, 0.25) is 0 Å². The lowest BCUT2D eigenvalue weighted by molar-refractivity contribution is 0.0998. The first kappa shape index (κ1) is 8.52. The summed E-state index contributed by atoms with van der Waals surface area (Å²) in [7, 11) is 0. The molecule has 5 heteroatoms. The highest BCUT2D eigenvalue weighted by molar-refractivity contribution is 5.85. The van der Waals surface area contributed by atoms with Crippen LogP contribution in [0.25, 0.3) is 0 Å². The van der Waals surface area contributed by atoms with Crippen LogP contribution in [0.1, 0.15) is 0 Å². The number of nitrogens with one attached hydrogen (secondary N) is 2. The van der Waals surface area contributed by atoms with Crippen molar-refractivity contribution in [3.63, 3.8) is 0 Å². The van der Waals surface area contributed by atoms with E-state index in [2.05, 4.69) is 15.6 Å². The molecule has 0 saturated carbocycles. The van der Waals surface area contributed by atoms with Crippen LogP contribution in [0.4, 0.5) is 0 Å². The Hall–Kier alpha value is -0.580. The predicted molar refractivity (Wildman–Crippen MR) is 44.7 cm³/mol. The maximum Gasteiger partial charge on any atom is 0.152 e. The largest absolute Gasteiger partial charge is 0.371 e. The zero-order chi connectivity index (χ0) is 6.81. The fourth-order valence-electron chi connectivity index (χ4n) is 1.03. The van der Waals surface area contributed by atoms with Crippen LogP contribution in [0.5, 0.6) is 0 Å². The third-order valence-electron chi connectivity index (χ3n) is 1.52. The zero-order valence-electron chi connectivity index (χ0n) is 5.91. The van der Waals surface area contributed by atoms with Crippen molar-refractivity contribution in [1.82, 2.24) is 10.6 Å². The molecule has 0 aromatic heterocycles. The number of halogens is 1. The van der Waals surface area contributed by atoms with Gasteiger partial charge in [0.1, 0.15) is 0 Å². The van der Waals surface area contributed by atoms with E-state index in [4.69, 9.17) is 4.74 Å². The molecule has 1 saturated heterocycles. The van der Waals surface area contributed by atoms with Gasteiger partial charge < -0.3 is 10.1 Å². The second-order valence-corrected chi connectivity index (χ2v) is 2.19. The van der Waals surface area contributed by atoms with Gasteiger partial charge in [0.05, 0.1) is 19.0 Å². The van der Waals surface area contributed by atoms with Crippen molar-refractivity contribution in [2.24, 2.45) is 4.99 Å². The van der Waals surface area contributed by atoms with E-state index in [0.717, 1.165) is 12.4 Å². The summed E-state index contributed by atoms with van der Waals surface area (Å²) < 4.78 is 5.34. The van der Waals surface area contributed by atoms with Crippen LogP contribution < -0.4 is 10.6 Å². The molecule has 2 rings (SSSR count). The van der Waals surface area contributed by atoms with Gasteiger partial charge in [-0.2, -0.15) is 0 Å². The van der Waals surface area contributed by atoms with Gasteiger partial charge in [0.25, 0.3) is 0 Å². The summed E-state index contributed by atoms with van der Waals surface area (Å²) in [5.41, 5.74) is 1.02. The Balaban J connectivity index is 0.000000605. The summed E-state index contributed by atoms with van der Waals surface area (Å²) in [4.78, 5) is 4.00. The molecular weight excluding hydrogens is 166 g/mol. The average molecular weight is 176 g/mol. The standard InChI is InChI=1S/C6H9N3O.ClH/c1-2-10-6-5(3-7-1)8-4-9-6;/h1,3,6,8-9H,2,4H2;1H. The van der Waals surface area contributed by atoms with E-state index in [1.165, 1.54) is 0 Å². The number of ether oxygens (including phenoxy) is 1. The van der Waals surface area contributed by atoms with Crippen LogP contribution in [0.3, 0.4) is 0 Å². The summed E-state index contributed by atoms with van der Waals surface area (Å²) in [6, 6.07) is 0. The Morgan fingerprint density at radius 1 is 1.64 bits per heavy atom. The van der Waals surface area contributed by atoms with Crippen molar-refractivity contribution in [3.05, 3.63) is 11.9 Å². The summed E-state index contributed by atoms with van der Waals surface area (Å²) in [6.45, 7) is 1.35. The molecular formula is C6H10ClN3O. The first-order valence-electron chi connectivity index (χ1n) is 3.27. The van der Waals surface area contributed by atoms with E-state index < -0.39 is 0 Å². The van der Waals surface area contributed by atoms with Crippen LogP contribution in [-0.2, 0) is 4.74 Å². The Morgan fingerprint density at radius 3 is 3.45 bits per heavy atom. The van der Waals surface area contributed by atoms with Gasteiger partial charge in [-0.05, 0) is 0 Å². The quantitative estimate of drug-likeness (QED) is 0.537. The molecule has 0 spiro atoms. The third kappa shape index (κ3) is 1.71. The highest BCUT2D eigenvalue weighted by atomic mass is 35.5. The number of rotatable bonds is 0. The molecule has 0 bridgehead atoms. The average Bonchev–Trinajstić information content (AvgIpc) is 2.28. The molecule has 2 heterocycles. The van der Waals surface area contributed by atoms with E-state index in [9.17, 15) is 0 Å². The lowest BCUT2D eigenvalue weighted by Crippen LogP contribution is -2.25. The Morgan fingerprint density at radius 2 is 2.55 bits per heavy atom. The first-order valence-corrected chi connectivity index (χ1v) is 3.27. The third-order valence-corrected chi connectivity index (χ3v) is 1.52. The van der Waals surface area contributed by atoms with Gasteiger partial charge in [0.15, 0.2) is 6.23 Å². The van der Waals surface area contributed by atoms with Crippen molar-refractivity contribution < 1.29 is 4.74 Å². The second kappa shape index (κ2) is 3.71. The van der Waals surface area contributed by atoms with Gasteiger partial charge in [0, 0.05) is 12.4 Å². The minimum atomic E-state index is 0. The minimum Gasteiger partial charge on any atom is -0.371 e. The lowest BCUT2D eigenvalue weighted by atomic mass is 10.4. The number of hydrogen-bond acceptors (Lipinski definition) is 4. The number of fused-ring (bicyclic) bond motifs is 1. The van der Waals surface area contributed by atoms with Crippen LogP contribution in [0.2, 0.25) is 0 Å². The van der Waals surface area contributed by atoms with Crippen molar-refractivity contribution in [3.8, 4) is 0 Å². The summed E-state index contributed by atoms with van der Waals surface area (Å²) in [5.74, 6) is 0. The van der Waals surface area contributed by atoms with Gasteiger partial charge in [-0.15, -0.1) is 12.4 Å². The molecule has 0 aliphatic carbocycles. The zero-order valence-corrected chi connectivity index (χ0v) is 6.73. The number of hydrogen-bond donors (Lipinski definition) is 2. The highest BCUT2D eigenvalue weighted by Crippen LogP contribution is 2.07. The molecule has 11 heavy (non-hydrogen) atoms. The summed E-state index contributed by atoms with van der Waals surface area (Å²) >= 11 is 0. The van der Waals surface area contributed by atoms with E-state index >= 15 is 0 Å². The van der Waals surface area contributed by atoms with Crippen LogP contribution in [0, 0.1) is 0 Å². The number of nitrogens with zero attached hydrogens (tertiary/aromatic N) is 1. The molecule has 2 aliphatic heterocycles. The van der Waals surface area contributed by atoms with Crippen molar-refractivity contribution in [2.75, 3.05) is 13.3 Å². The van der Waals surface area contributed by atoms with E-state index in [1.807, 2.05) is 0 Å². The van der Waals surface area contributed by atoms with E-state index in [-0.39, 0.29) is 18.6 Å². The molecule has 4 nitrogen and oxygen atoms in total. The predicted octanol–water partition coefficient (Wildman–Crippen LogP) is -0.173. The minimum absolute atomic E-state index is 0. The smallest absolute Gasteiger partial charge is 0.152 e. The Bertz CT molecular complexity index is 192. The van der Waals surface area contributed by atoms with Gasteiger partial charge in [-0.3, -0.25) is 10.3 Å². The first-order chi connectivity index (χ1) is 4.97. The fourth-order valence-corrected chi connectivity index (χ4v) is 1.03. The van der Waals surface area contributed by atoms with Gasteiger partial charge >= 0.3 is 0 Å². The Labute approximate surface area is 71.1 Å². The molecule has 2 N–H and O–H groups in total.